The Bertz CT molecular complexity index is 954. The Morgan fingerprint density at radius 2 is 1.93 bits per heavy atom. The molecule has 0 atom stereocenters. The van der Waals surface area contributed by atoms with Crippen molar-refractivity contribution in [2.24, 2.45) is 0 Å². The Balaban J connectivity index is 1.45. The predicted octanol–water partition coefficient (Wildman–Crippen LogP) is 4.16. The van der Waals surface area contributed by atoms with Crippen LogP contribution in [0, 0.1) is 19.7 Å². The van der Waals surface area contributed by atoms with Gasteiger partial charge in [-0.05, 0) is 38.0 Å². The number of ether oxygens (including phenoxy) is 1. The molecule has 29 heavy (non-hydrogen) atoms. The molecule has 0 radical (unpaired) electrons. The van der Waals surface area contributed by atoms with Gasteiger partial charge >= 0.3 is 0 Å². The number of aryl methyl sites for hydroxylation is 1. The quantitative estimate of drug-likeness (QED) is 0.554. The molecule has 6 heteroatoms. The zero-order valence-corrected chi connectivity index (χ0v) is 16.8. The summed E-state index contributed by atoms with van der Waals surface area (Å²) in [5.74, 6) is 0.101. The van der Waals surface area contributed by atoms with Crippen molar-refractivity contribution in [3.8, 4) is 5.75 Å². The lowest BCUT2D eigenvalue weighted by atomic mass is 10.2. The number of nitrogens with one attached hydrogen (secondary N) is 1. The van der Waals surface area contributed by atoms with Crippen molar-refractivity contribution in [2.45, 2.75) is 39.8 Å². The van der Waals surface area contributed by atoms with Crippen LogP contribution < -0.4 is 10.1 Å². The number of aromatic nitrogens is 2. The van der Waals surface area contributed by atoms with Crippen molar-refractivity contribution in [2.75, 3.05) is 6.61 Å². The fourth-order valence-electron chi connectivity index (χ4n) is 3.16. The highest BCUT2D eigenvalue weighted by atomic mass is 19.1. The number of carbonyl (C=O) groups is 1. The van der Waals surface area contributed by atoms with Gasteiger partial charge in [0, 0.05) is 30.3 Å². The van der Waals surface area contributed by atoms with Gasteiger partial charge < -0.3 is 10.1 Å². The van der Waals surface area contributed by atoms with E-state index in [0.717, 1.165) is 17.0 Å². The molecular weight excluding hydrogens is 369 g/mol. The van der Waals surface area contributed by atoms with Gasteiger partial charge in [0.1, 0.15) is 11.6 Å². The van der Waals surface area contributed by atoms with Crippen LogP contribution in [0.5, 0.6) is 5.75 Å². The standard InChI is InChI=1S/C23H26FN3O2/c1-17-22(18(2)27(26-17)16-19-8-4-3-5-9-19)15-25-23(28)12-7-13-29-21-11-6-10-20(24)14-21/h3-6,8-11,14H,7,12-13,15-16H2,1-2H3,(H,25,28). The third-order valence-electron chi connectivity index (χ3n) is 4.78. The van der Waals surface area contributed by atoms with Gasteiger partial charge in [0.25, 0.3) is 0 Å². The van der Waals surface area contributed by atoms with Crippen molar-refractivity contribution >= 4 is 5.91 Å². The number of halogens is 1. The first-order valence-corrected chi connectivity index (χ1v) is 9.75. The summed E-state index contributed by atoms with van der Waals surface area (Å²) in [6.07, 6.45) is 0.916. The van der Waals surface area contributed by atoms with Gasteiger partial charge in [-0.15, -0.1) is 0 Å². The highest BCUT2D eigenvalue weighted by molar-refractivity contribution is 5.75. The molecule has 2 aromatic carbocycles. The summed E-state index contributed by atoms with van der Waals surface area (Å²) in [5, 5.41) is 7.57. The van der Waals surface area contributed by atoms with E-state index in [9.17, 15) is 9.18 Å². The molecule has 1 amide bonds. The van der Waals surface area contributed by atoms with E-state index < -0.39 is 0 Å². The zero-order valence-electron chi connectivity index (χ0n) is 16.8. The summed E-state index contributed by atoms with van der Waals surface area (Å²) >= 11 is 0. The van der Waals surface area contributed by atoms with E-state index in [2.05, 4.69) is 22.5 Å². The average molecular weight is 395 g/mol. The van der Waals surface area contributed by atoms with Crippen LogP contribution in [-0.2, 0) is 17.9 Å². The van der Waals surface area contributed by atoms with Crippen molar-refractivity contribution in [3.63, 3.8) is 0 Å². The molecule has 1 N–H and O–H groups in total. The molecule has 0 unspecified atom stereocenters. The molecule has 1 heterocycles. The molecular formula is C23H26FN3O2. The Labute approximate surface area is 170 Å². The number of carbonyl (C=O) groups excluding carboxylic acids is 1. The van der Waals surface area contributed by atoms with E-state index in [4.69, 9.17) is 4.74 Å². The maximum atomic E-state index is 13.1. The highest BCUT2D eigenvalue weighted by Gasteiger charge is 2.13. The van der Waals surface area contributed by atoms with Gasteiger partial charge in [-0.3, -0.25) is 9.48 Å². The van der Waals surface area contributed by atoms with Crippen LogP contribution in [-0.4, -0.2) is 22.3 Å². The number of benzene rings is 2. The number of nitrogens with zero attached hydrogens (tertiary/aromatic N) is 2. The first-order chi connectivity index (χ1) is 14.0. The van der Waals surface area contributed by atoms with Crippen LogP contribution in [0.25, 0.3) is 0 Å². The van der Waals surface area contributed by atoms with E-state index in [0.29, 0.717) is 38.3 Å². The molecule has 0 bridgehead atoms. The van der Waals surface area contributed by atoms with Gasteiger partial charge in [-0.1, -0.05) is 36.4 Å². The van der Waals surface area contributed by atoms with Crippen molar-refractivity contribution in [1.29, 1.82) is 0 Å². The Morgan fingerprint density at radius 3 is 2.69 bits per heavy atom. The van der Waals surface area contributed by atoms with Crippen LogP contribution in [0.15, 0.2) is 54.6 Å². The molecule has 5 nitrogen and oxygen atoms in total. The molecule has 0 saturated heterocycles. The molecule has 0 saturated carbocycles. The minimum atomic E-state index is -0.334. The van der Waals surface area contributed by atoms with E-state index in [1.165, 1.54) is 17.7 Å². The average Bonchev–Trinajstić information content (AvgIpc) is 2.97. The summed E-state index contributed by atoms with van der Waals surface area (Å²) < 4.78 is 20.5. The summed E-state index contributed by atoms with van der Waals surface area (Å²) in [4.78, 5) is 12.1. The maximum Gasteiger partial charge on any atom is 0.220 e. The van der Waals surface area contributed by atoms with Crippen LogP contribution in [0.1, 0.15) is 35.4 Å². The first-order valence-electron chi connectivity index (χ1n) is 9.75. The van der Waals surface area contributed by atoms with E-state index in [-0.39, 0.29) is 11.7 Å². The number of hydrogen-bond donors (Lipinski definition) is 1. The van der Waals surface area contributed by atoms with Gasteiger partial charge in [0.05, 0.1) is 18.8 Å². The minimum absolute atomic E-state index is 0.0394. The van der Waals surface area contributed by atoms with E-state index in [1.54, 1.807) is 12.1 Å². The van der Waals surface area contributed by atoms with Crippen molar-refractivity contribution in [3.05, 3.63) is 82.9 Å². The topological polar surface area (TPSA) is 56.2 Å². The smallest absolute Gasteiger partial charge is 0.220 e. The molecule has 0 fully saturated rings. The third-order valence-corrected chi connectivity index (χ3v) is 4.78. The molecule has 1 aromatic heterocycles. The Hall–Kier alpha value is -3.15. The summed E-state index contributed by atoms with van der Waals surface area (Å²) in [7, 11) is 0. The number of amides is 1. The Kier molecular flexibility index (Phi) is 7.00. The second-order valence-corrected chi connectivity index (χ2v) is 6.98. The maximum absolute atomic E-state index is 13.1. The van der Waals surface area contributed by atoms with Crippen molar-refractivity contribution < 1.29 is 13.9 Å². The van der Waals surface area contributed by atoms with Gasteiger partial charge in [0.15, 0.2) is 0 Å². The second-order valence-electron chi connectivity index (χ2n) is 6.98. The molecule has 0 spiro atoms. The fraction of sp³-hybridized carbons (Fsp3) is 0.304. The molecule has 3 aromatic rings. The highest BCUT2D eigenvalue weighted by Crippen LogP contribution is 2.15. The Morgan fingerprint density at radius 1 is 1.14 bits per heavy atom. The van der Waals surface area contributed by atoms with Gasteiger partial charge in [-0.25, -0.2) is 4.39 Å². The second kappa shape index (κ2) is 9.87. The van der Waals surface area contributed by atoms with Gasteiger partial charge in [0.2, 0.25) is 5.91 Å². The molecule has 152 valence electrons. The normalized spacial score (nSPS) is 10.7. The predicted molar refractivity (Wildman–Crippen MR) is 110 cm³/mol. The van der Waals surface area contributed by atoms with Crippen LogP contribution >= 0.6 is 0 Å². The van der Waals surface area contributed by atoms with Crippen LogP contribution in [0.4, 0.5) is 4.39 Å². The van der Waals surface area contributed by atoms with Gasteiger partial charge in [-0.2, -0.15) is 5.10 Å². The minimum Gasteiger partial charge on any atom is -0.493 e. The lowest BCUT2D eigenvalue weighted by Gasteiger charge is -2.08. The van der Waals surface area contributed by atoms with Crippen LogP contribution in [0.2, 0.25) is 0 Å². The summed E-state index contributed by atoms with van der Waals surface area (Å²) in [5.41, 5.74) is 4.21. The lowest BCUT2D eigenvalue weighted by molar-refractivity contribution is -0.121. The summed E-state index contributed by atoms with van der Waals surface area (Å²) in [6, 6.07) is 16.2. The molecule has 3 rings (SSSR count). The van der Waals surface area contributed by atoms with Crippen molar-refractivity contribution in [1.82, 2.24) is 15.1 Å². The molecule has 0 aliphatic rings. The lowest BCUT2D eigenvalue weighted by Crippen LogP contribution is -2.23. The summed E-state index contributed by atoms with van der Waals surface area (Å²) in [6.45, 7) is 5.51. The third kappa shape index (κ3) is 5.91. The van der Waals surface area contributed by atoms with E-state index in [1.807, 2.05) is 36.7 Å². The molecule has 0 aliphatic carbocycles. The van der Waals surface area contributed by atoms with Crippen LogP contribution in [0.3, 0.4) is 0 Å². The SMILES string of the molecule is Cc1nn(Cc2ccccc2)c(C)c1CNC(=O)CCCOc1cccc(F)c1. The van der Waals surface area contributed by atoms with E-state index >= 15 is 0 Å². The first kappa shape index (κ1) is 20.6. The molecule has 0 aliphatic heterocycles. The largest absolute Gasteiger partial charge is 0.493 e. The zero-order chi connectivity index (χ0) is 20.6. The fourth-order valence-corrected chi connectivity index (χ4v) is 3.16. The number of hydrogen-bond acceptors (Lipinski definition) is 3. The monoisotopic (exact) mass is 395 g/mol. The number of rotatable bonds is 9.